The molecular formula is C14H22O3. The van der Waals surface area contributed by atoms with Gasteiger partial charge in [-0.15, -0.1) is 13.2 Å². The largest absolute Gasteiger partial charge is 0.393 e. The van der Waals surface area contributed by atoms with Crippen LogP contribution in [0, 0.1) is 11.8 Å². The number of carbonyl (C=O) groups excluding carboxylic acids is 2. The predicted molar refractivity (Wildman–Crippen MR) is 68.3 cm³/mol. The molecule has 0 saturated carbocycles. The minimum atomic E-state index is -0.442. The molecule has 0 aliphatic carbocycles. The first-order chi connectivity index (χ1) is 8.02. The zero-order chi connectivity index (χ0) is 13.3. The molecule has 0 saturated heterocycles. The molecule has 0 aliphatic heterocycles. The van der Waals surface area contributed by atoms with E-state index in [2.05, 4.69) is 13.2 Å². The molecule has 0 fully saturated rings. The monoisotopic (exact) mass is 238 g/mol. The highest BCUT2D eigenvalue weighted by Crippen LogP contribution is 2.12. The van der Waals surface area contributed by atoms with E-state index in [1.165, 1.54) is 0 Å². The molecule has 17 heavy (non-hydrogen) atoms. The van der Waals surface area contributed by atoms with E-state index in [4.69, 9.17) is 4.74 Å². The number of rotatable bonds is 8. The summed E-state index contributed by atoms with van der Waals surface area (Å²) in [4.78, 5) is 23.1. The van der Waals surface area contributed by atoms with Gasteiger partial charge in [0.25, 0.3) is 0 Å². The van der Waals surface area contributed by atoms with Gasteiger partial charge in [-0.3, -0.25) is 9.59 Å². The van der Waals surface area contributed by atoms with Gasteiger partial charge >= 0.3 is 11.9 Å². The second kappa shape index (κ2) is 8.74. The molecule has 0 aromatic heterocycles. The molecule has 0 spiro atoms. The van der Waals surface area contributed by atoms with Crippen LogP contribution in [0.1, 0.15) is 39.5 Å². The zero-order valence-corrected chi connectivity index (χ0v) is 10.8. The minimum Gasteiger partial charge on any atom is -0.393 e. The summed E-state index contributed by atoms with van der Waals surface area (Å²) in [6, 6.07) is 0. The molecule has 0 aromatic carbocycles. The summed E-state index contributed by atoms with van der Waals surface area (Å²) in [5, 5.41) is 0. The first-order valence-corrected chi connectivity index (χ1v) is 6.00. The maximum absolute atomic E-state index is 11.5. The molecule has 96 valence electrons. The number of hydrogen-bond acceptors (Lipinski definition) is 3. The molecule has 0 aliphatic rings. The Morgan fingerprint density at radius 1 is 1.00 bits per heavy atom. The first kappa shape index (κ1) is 15.6. The molecule has 0 aromatic rings. The van der Waals surface area contributed by atoms with Crippen molar-refractivity contribution in [2.45, 2.75) is 39.5 Å². The molecule has 0 rings (SSSR count). The number of esters is 2. The fraction of sp³-hybridized carbons (Fsp3) is 0.571. The smallest absolute Gasteiger partial charge is 0.316 e. The summed E-state index contributed by atoms with van der Waals surface area (Å²) in [6.07, 6.45) is 6.32. The fourth-order valence-electron chi connectivity index (χ4n) is 1.27. The van der Waals surface area contributed by atoms with Crippen LogP contribution in [0.25, 0.3) is 0 Å². The lowest BCUT2D eigenvalue weighted by molar-refractivity contribution is -0.165. The summed E-state index contributed by atoms with van der Waals surface area (Å²) in [6.45, 7) is 10.7. The third kappa shape index (κ3) is 6.72. The molecule has 0 bridgehead atoms. The topological polar surface area (TPSA) is 43.4 Å². The van der Waals surface area contributed by atoms with Crippen LogP contribution in [0.4, 0.5) is 0 Å². The fourth-order valence-corrected chi connectivity index (χ4v) is 1.27. The van der Waals surface area contributed by atoms with Gasteiger partial charge in [-0.05, 0) is 25.7 Å². The van der Waals surface area contributed by atoms with Crippen molar-refractivity contribution in [3.8, 4) is 0 Å². The summed E-state index contributed by atoms with van der Waals surface area (Å²) in [7, 11) is 0. The highest BCUT2D eigenvalue weighted by molar-refractivity contribution is 5.87. The summed E-state index contributed by atoms with van der Waals surface area (Å²) < 4.78 is 4.82. The lowest BCUT2D eigenvalue weighted by Gasteiger charge is -2.12. The van der Waals surface area contributed by atoms with Gasteiger partial charge in [0.15, 0.2) is 0 Å². The molecule has 0 N–H and O–H groups in total. The van der Waals surface area contributed by atoms with Crippen LogP contribution < -0.4 is 0 Å². The van der Waals surface area contributed by atoms with Crippen molar-refractivity contribution in [3.05, 3.63) is 25.3 Å². The van der Waals surface area contributed by atoms with E-state index in [1.54, 1.807) is 26.0 Å². The standard InChI is InChI=1S/C14H22O3/c1-5-7-9-11(3)13(15)17-14(16)12(4)10-8-6-2/h5-6,11-12H,1-2,7-10H2,3-4H3. The molecule has 0 radical (unpaired) electrons. The predicted octanol–water partition coefficient (Wildman–Crippen LogP) is 3.26. The van der Waals surface area contributed by atoms with Crippen LogP contribution in [-0.4, -0.2) is 11.9 Å². The summed E-state index contributed by atoms with van der Waals surface area (Å²) in [5.74, 6) is -1.41. The zero-order valence-electron chi connectivity index (χ0n) is 10.8. The molecule has 3 heteroatoms. The Morgan fingerprint density at radius 3 is 1.65 bits per heavy atom. The third-order valence-electron chi connectivity index (χ3n) is 2.61. The van der Waals surface area contributed by atoms with Gasteiger partial charge in [-0.2, -0.15) is 0 Å². The van der Waals surface area contributed by atoms with Crippen molar-refractivity contribution in [2.24, 2.45) is 11.8 Å². The van der Waals surface area contributed by atoms with Crippen molar-refractivity contribution in [1.29, 1.82) is 0 Å². The Kier molecular flexibility index (Phi) is 8.03. The van der Waals surface area contributed by atoms with Crippen molar-refractivity contribution < 1.29 is 14.3 Å². The van der Waals surface area contributed by atoms with Gasteiger partial charge in [-0.25, -0.2) is 0 Å². The molecule has 3 nitrogen and oxygen atoms in total. The van der Waals surface area contributed by atoms with E-state index in [9.17, 15) is 9.59 Å². The Labute approximate surface area is 104 Å². The van der Waals surface area contributed by atoms with E-state index >= 15 is 0 Å². The Hall–Kier alpha value is -1.38. The van der Waals surface area contributed by atoms with E-state index < -0.39 is 11.9 Å². The molecular weight excluding hydrogens is 216 g/mol. The van der Waals surface area contributed by atoms with Gasteiger partial charge < -0.3 is 4.74 Å². The van der Waals surface area contributed by atoms with Gasteiger partial charge in [0.1, 0.15) is 0 Å². The van der Waals surface area contributed by atoms with Crippen molar-refractivity contribution in [3.63, 3.8) is 0 Å². The van der Waals surface area contributed by atoms with Crippen LogP contribution in [0.3, 0.4) is 0 Å². The highest BCUT2D eigenvalue weighted by Gasteiger charge is 2.21. The van der Waals surface area contributed by atoms with Crippen LogP contribution >= 0.6 is 0 Å². The average molecular weight is 238 g/mol. The SMILES string of the molecule is C=CCCC(C)C(=O)OC(=O)C(C)CCC=C. The number of hydrogen-bond donors (Lipinski definition) is 0. The second-order valence-corrected chi connectivity index (χ2v) is 4.27. The van der Waals surface area contributed by atoms with E-state index in [0.717, 1.165) is 12.8 Å². The van der Waals surface area contributed by atoms with Gasteiger partial charge in [0, 0.05) is 0 Å². The average Bonchev–Trinajstić information content (AvgIpc) is 2.32. The molecule has 0 heterocycles. The lowest BCUT2D eigenvalue weighted by Crippen LogP contribution is -2.23. The first-order valence-electron chi connectivity index (χ1n) is 6.00. The van der Waals surface area contributed by atoms with Crippen LogP contribution in [0.2, 0.25) is 0 Å². The number of carbonyl (C=O) groups is 2. The lowest BCUT2D eigenvalue weighted by atomic mass is 10.0. The number of ether oxygens (including phenoxy) is 1. The van der Waals surface area contributed by atoms with E-state index in [1.807, 2.05) is 0 Å². The Balaban J connectivity index is 4.05. The normalized spacial score (nSPS) is 13.5. The van der Waals surface area contributed by atoms with Crippen LogP contribution in [-0.2, 0) is 14.3 Å². The van der Waals surface area contributed by atoms with E-state index in [-0.39, 0.29) is 11.8 Å². The van der Waals surface area contributed by atoms with Gasteiger partial charge in [0.05, 0.1) is 11.8 Å². The van der Waals surface area contributed by atoms with Crippen molar-refractivity contribution in [1.82, 2.24) is 0 Å². The quantitative estimate of drug-likeness (QED) is 0.370. The van der Waals surface area contributed by atoms with Gasteiger partial charge in [-0.1, -0.05) is 26.0 Å². The Bertz CT molecular complexity index is 253. The minimum absolute atomic E-state index is 0.261. The summed E-state index contributed by atoms with van der Waals surface area (Å²) >= 11 is 0. The Morgan fingerprint density at radius 2 is 1.35 bits per heavy atom. The molecule has 2 unspecified atom stereocenters. The maximum atomic E-state index is 11.5. The maximum Gasteiger partial charge on any atom is 0.316 e. The third-order valence-corrected chi connectivity index (χ3v) is 2.61. The van der Waals surface area contributed by atoms with Crippen LogP contribution in [0.15, 0.2) is 25.3 Å². The van der Waals surface area contributed by atoms with Crippen molar-refractivity contribution >= 4 is 11.9 Å². The molecule has 2 atom stereocenters. The highest BCUT2D eigenvalue weighted by atomic mass is 16.6. The van der Waals surface area contributed by atoms with Gasteiger partial charge in [0.2, 0.25) is 0 Å². The summed E-state index contributed by atoms with van der Waals surface area (Å²) in [5.41, 5.74) is 0. The number of allylic oxidation sites excluding steroid dienone is 2. The van der Waals surface area contributed by atoms with E-state index in [0.29, 0.717) is 12.8 Å². The van der Waals surface area contributed by atoms with Crippen molar-refractivity contribution in [2.75, 3.05) is 0 Å². The van der Waals surface area contributed by atoms with Crippen LogP contribution in [0.5, 0.6) is 0 Å². The molecule has 0 amide bonds. The second-order valence-electron chi connectivity index (χ2n) is 4.27.